The molecule has 3 N–H and O–H groups in total. The number of carbonyl (C=O) groups is 1. The Hall–Kier alpha value is -4.64. The van der Waals surface area contributed by atoms with Gasteiger partial charge in [0, 0.05) is 30.2 Å². The van der Waals surface area contributed by atoms with E-state index in [1.807, 2.05) is 24.3 Å². The fourth-order valence-electron chi connectivity index (χ4n) is 4.64. The van der Waals surface area contributed by atoms with Gasteiger partial charge < -0.3 is 15.4 Å². The molecule has 0 saturated carbocycles. The van der Waals surface area contributed by atoms with Crippen LogP contribution in [0.3, 0.4) is 0 Å². The number of nitrogens with one attached hydrogen (secondary N) is 2. The van der Waals surface area contributed by atoms with Crippen LogP contribution >= 0.6 is 0 Å². The van der Waals surface area contributed by atoms with Crippen molar-refractivity contribution in [2.75, 3.05) is 16.8 Å². The zero-order valence-electron chi connectivity index (χ0n) is 22.7. The molecule has 0 fully saturated rings. The van der Waals surface area contributed by atoms with E-state index in [9.17, 15) is 14.7 Å². The Labute approximate surface area is 228 Å². The van der Waals surface area contributed by atoms with Gasteiger partial charge in [0.1, 0.15) is 17.1 Å². The van der Waals surface area contributed by atoms with Crippen molar-refractivity contribution < 1.29 is 9.90 Å². The second-order valence-corrected chi connectivity index (χ2v) is 10.2. The molecular weight excluding hydrogens is 490 g/mol. The van der Waals surface area contributed by atoms with E-state index in [0.29, 0.717) is 23.1 Å². The molecule has 2 heterocycles. The molecule has 4 rings (SSSR count). The Morgan fingerprint density at radius 3 is 2.41 bits per heavy atom. The number of phenolic OH excluding ortho intramolecular Hbond substituents is 1. The predicted molar refractivity (Wildman–Crippen MR) is 155 cm³/mol. The predicted octanol–water partition coefficient (Wildman–Crippen LogP) is 6.88. The highest BCUT2D eigenvalue weighted by molar-refractivity contribution is 6.03. The second-order valence-electron chi connectivity index (χ2n) is 10.2. The number of rotatable bonds is 8. The maximum absolute atomic E-state index is 13.9. The molecule has 0 aliphatic rings. The molecular formula is C31H33N5O3. The average Bonchev–Trinajstić information content (AvgIpc) is 2.90. The normalized spacial score (nSPS) is 11.1. The van der Waals surface area contributed by atoms with Crippen LogP contribution in [-0.2, 0) is 0 Å². The summed E-state index contributed by atoms with van der Waals surface area (Å²) in [5.41, 5.74) is 4.63. The van der Waals surface area contributed by atoms with E-state index in [1.165, 1.54) is 4.90 Å². The van der Waals surface area contributed by atoms with Gasteiger partial charge >= 0.3 is 6.03 Å². The molecule has 0 spiro atoms. The smallest absolute Gasteiger partial charge is 0.326 e. The van der Waals surface area contributed by atoms with Crippen molar-refractivity contribution in [2.24, 2.45) is 0 Å². The Balaban J connectivity index is 1.80. The van der Waals surface area contributed by atoms with Gasteiger partial charge in [-0.3, -0.25) is 9.69 Å². The number of unbranched alkanes of at least 4 members (excludes halogenated alkanes) is 1. The number of nitrogens with zero attached hydrogens (tertiary/aromatic N) is 3. The van der Waals surface area contributed by atoms with Gasteiger partial charge in [0.25, 0.3) is 5.56 Å². The van der Waals surface area contributed by atoms with E-state index in [0.717, 1.165) is 22.3 Å². The van der Waals surface area contributed by atoms with Gasteiger partial charge in [-0.15, -0.1) is 0 Å². The van der Waals surface area contributed by atoms with E-state index in [4.69, 9.17) is 5.26 Å². The highest BCUT2D eigenvalue weighted by atomic mass is 16.3. The topological polar surface area (TPSA) is 122 Å². The summed E-state index contributed by atoms with van der Waals surface area (Å²) in [7, 11) is 0. The molecule has 4 aromatic rings. The van der Waals surface area contributed by atoms with E-state index in [-0.39, 0.29) is 36.2 Å². The lowest BCUT2D eigenvalue weighted by Gasteiger charge is -2.26. The van der Waals surface area contributed by atoms with Crippen LogP contribution < -0.4 is 15.8 Å². The van der Waals surface area contributed by atoms with Crippen LogP contribution in [0.4, 0.5) is 16.2 Å². The summed E-state index contributed by atoms with van der Waals surface area (Å²) in [6, 6.07) is 18.1. The number of hydrogen-bond acceptors (Lipinski definition) is 5. The Morgan fingerprint density at radius 1 is 1.05 bits per heavy atom. The summed E-state index contributed by atoms with van der Waals surface area (Å²) in [6.45, 7) is 8.45. The summed E-state index contributed by atoms with van der Waals surface area (Å²) in [5.74, 6) is 0.348. The lowest BCUT2D eigenvalue weighted by molar-refractivity contribution is 0.256. The monoisotopic (exact) mass is 523 g/mol. The third-order valence-corrected chi connectivity index (χ3v) is 6.66. The quantitative estimate of drug-likeness (QED) is 0.217. The molecule has 0 aliphatic heterocycles. The Bertz CT molecular complexity index is 1570. The average molecular weight is 524 g/mol. The molecule has 0 radical (unpaired) electrons. The first-order valence-corrected chi connectivity index (χ1v) is 13.1. The Morgan fingerprint density at radius 2 is 1.77 bits per heavy atom. The molecule has 0 saturated heterocycles. The first-order valence-electron chi connectivity index (χ1n) is 13.1. The first kappa shape index (κ1) is 27.4. The van der Waals surface area contributed by atoms with E-state index in [1.54, 1.807) is 36.5 Å². The van der Waals surface area contributed by atoms with Gasteiger partial charge in [0.15, 0.2) is 0 Å². The number of carbonyl (C=O) groups excluding carboxylic acids is 1. The molecule has 2 amide bonds. The summed E-state index contributed by atoms with van der Waals surface area (Å²) < 4.78 is 0. The van der Waals surface area contributed by atoms with Crippen molar-refractivity contribution in [3.63, 3.8) is 0 Å². The van der Waals surface area contributed by atoms with Crippen LogP contribution in [-0.4, -0.2) is 27.7 Å². The maximum atomic E-state index is 13.9. The van der Waals surface area contributed by atoms with E-state index >= 15 is 0 Å². The number of fused-ring (bicyclic) bond motifs is 1. The minimum atomic E-state index is -0.449. The molecule has 0 atom stereocenters. The largest absolute Gasteiger partial charge is 0.508 e. The van der Waals surface area contributed by atoms with Crippen molar-refractivity contribution in [2.45, 2.75) is 52.4 Å². The highest BCUT2D eigenvalue weighted by Gasteiger charge is 2.24. The zero-order chi connectivity index (χ0) is 28.1. The first-order chi connectivity index (χ1) is 18.7. The third kappa shape index (κ3) is 6.10. The van der Waals surface area contributed by atoms with Crippen molar-refractivity contribution in [1.82, 2.24) is 9.97 Å². The molecule has 0 aliphatic carbocycles. The van der Waals surface area contributed by atoms with Gasteiger partial charge in [0.2, 0.25) is 0 Å². The number of aromatic amines is 1. The highest BCUT2D eigenvalue weighted by Crippen LogP contribution is 2.38. The van der Waals surface area contributed by atoms with Crippen LogP contribution in [0.2, 0.25) is 0 Å². The molecule has 200 valence electrons. The zero-order valence-corrected chi connectivity index (χ0v) is 22.7. The minimum absolute atomic E-state index is 0.0808. The van der Waals surface area contributed by atoms with Crippen molar-refractivity contribution in [3.05, 3.63) is 82.3 Å². The Kier molecular flexibility index (Phi) is 8.30. The number of hydrogen-bond donors (Lipinski definition) is 3. The van der Waals surface area contributed by atoms with E-state index in [2.05, 4.69) is 49.0 Å². The number of urea groups is 1. The number of anilines is 2. The third-order valence-electron chi connectivity index (χ3n) is 6.66. The van der Waals surface area contributed by atoms with Gasteiger partial charge in [-0.05, 0) is 83.0 Å². The number of pyridine rings is 2. The number of aromatic nitrogens is 2. The minimum Gasteiger partial charge on any atom is -0.508 e. The van der Waals surface area contributed by atoms with Crippen LogP contribution in [0.25, 0.3) is 22.2 Å². The molecule has 8 heteroatoms. The molecule has 0 bridgehead atoms. The van der Waals surface area contributed by atoms with Crippen LogP contribution in [0.5, 0.6) is 5.75 Å². The summed E-state index contributed by atoms with van der Waals surface area (Å²) in [6.07, 6.45) is 2.26. The number of nitriles is 1. The molecule has 8 nitrogen and oxygen atoms in total. The number of amides is 2. The van der Waals surface area contributed by atoms with Crippen molar-refractivity contribution >= 4 is 28.4 Å². The van der Waals surface area contributed by atoms with Crippen LogP contribution in [0, 0.1) is 11.3 Å². The number of phenols is 1. The molecule has 39 heavy (non-hydrogen) atoms. The molecule has 2 aromatic carbocycles. The number of benzene rings is 2. The van der Waals surface area contributed by atoms with Gasteiger partial charge in [-0.2, -0.15) is 5.26 Å². The fourth-order valence-corrected chi connectivity index (χ4v) is 4.64. The van der Waals surface area contributed by atoms with Gasteiger partial charge in [-0.25, -0.2) is 9.78 Å². The lowest BCUT2D eigenvalue weighted by Crippen LogP contribution is -2.39. The lowest BCUT2D eigenvalue weighted by atomic mass is 9.88. The summed E-state index contributed by atoms with van der Waals surface area (Å²) in [4.78, 5) is 35.3. The summed E-state index contributed by atoms with van der Waals surface area (Å²) in [5, 5.41) is 22.9. The van der Waals surface area contributed by atoms with Crippen LogP contribution in [0.15, 0.2) is 65.6 Å². The number of H-pyrrole nitrogens is 1. The second kappa shape index (κ2) is 11.8. The standard InChI is InChI=1S/C31H33N5O3/c1-19(2)25-16-23(21-9-7-11-24(37)15-21)17-26(20(3)4)28(25)34-31(39)36(14-6-5-12-32)27-18-22-10-8-13-33-29(22)35-30(27)38/h7-11,13,15-20,37H,5-6,14H2,1-4H3,(H,34,39)(H,33,35,38). The fraction of sp³-hybridized carbons (Fsp3) is 0.290. The summed E-state index contributed by atoms with van der Waals surface area (Å²) >= 11 is 0. The van der Waals surface area contributed by atoms with Crippen LogP contribution in [0.1, 0.15) is 63.5 Å². The molecule has 0 unspecified atom stereocenters. The van der Waals surface area contributed by atoms with Crippen molar-refractivity contribution in [1.29, 1.82) is 5.26 Å². The molecule has 2 aromatic heterocycles. The number of aromatic hydroxyl groups is 1. The SMILES string of the molecule is CC(C)c1cc(-c2cccc(O)c2)cc(C(C)C)c1NC(=O)N(CCCC#N)c1cc2cccnc2[nH]c1=O. The van der Waals surface area contributed by atoms with Crippen molar-refractivity contribution in [3.8, 4) is 22.9 Å². The van der Waals surface area contributed by atoms with E-state index < -0.39 is 11.6 Å². The van der Waals surface area contributed by atoms with Gasteiger partial charge in [-0.1, -0.05) is 39.8 Å². The van der Waals surface area contributed by atoms with Gasteiger partial charge in [0.05, 0.1) is 6.07 Å². The maximum Gasteiger partial charge on any atom is 0.326 e.